The average Bonchev–Trinajstić information content (AvgIpc) is 2.63. The largest absolute Gasteiger partial charge is 0.486 e. The summed E-state index contributed by atoms with van der Waals surface area (Å²) in [4.78, 5) is 4.51. The van der Waals surface area contributed by atoms with Crippen molar-refractivity contribution in [1.29, 1.82) is 0 Å². The van der Waals surface area contributed by atoms with Gasteiger partial charge in [-0.3, -0.25) is 4.99 Å². The van der Waals surface area contributed by atoms with Crippen LogP contribution in [0, 0.1) is 12.7 Å². The van der Waals surface area contributed by atoms with Crippen molar-refractivity contribution in [2.45, 2.75) is 13.5 Å². The number of nitrogens with zero attached hydrogens (tertiary/aromatic N) is 1. The van der Waals surface area contributed by atoms with Crippen molar-refractivity contribution in [3.63, 3.8) is 0 Å². The average molecular weight is 512 g/mol. The van der Waals surface area contributed by atoms with Crippen molar-refractivity contribution in [1.82, 2.24) is 0 Å². The zero-order chi connectivity index (χ0) is 19.4. The lowest BCUT2D eigenvalue weighted by Crippen LogP contribution is -2.00. The third-order valence-electron chi connectivity index (χ3n) is 3.94. The molecule has 0 bridgehead atoms. The predicted octanol–water partition coefficient (Wildman–Crippen LogP) is 7.64. The molecule has 0 atom stereocenters. The van der Waals surface area contributed by atoms with E-state index in [-0.39, 0.29) is 12.4 Å². The highest BCUT2D eigenvalue weighted by Gasteiger charge is 2.10. The van der Waals surface area contributed by atoms with Crippen LogP contribution in [-0.2, 0) is 6.61 Å². The molecule has 0 aliphatic heterocycles. The van der Waals surface area contributed by atoms with Crippen LogP contribution in [0.15, 0.2) is 68.5 Å². The van der Waals surface area contributed by atoms with E-state index in [2.05, 4.69) is 36.9 Å². The highest BCUT2D eigenvalue weighted by atomic mass is 79.9. The second kappa shape index (κ2) is 9.00. The maximum atomic E-state index is 13.7. The standard InChI is InChI=1S/C21H15Br2ClFNO/c1-13-18(24)6-4-8-20(13)26-11-14-9-16(22)21(17(23)10-14)27-12-15-5-2-3-7-19(15)25/h2-11H,12H2,1H3. The Morgan fingerprint density at radius 1 is 1.07 bits per heavy atom. The van der Waals surface area contributed by atoms with Gasteiger partial charge in [0.1, 0.15) is 18.2 Å². The number of ether oxygens (including phenoxy) is 1. The van der Waals surface area contributed by atoms with E-state index in [1.54, 1.807) is 24.4 Å². The fourth-order valence-corrected chi connectivity index (χ4v) is 4.06. The molecule has 0 N–H and O–H groups in total. The van der Waals surface area contributed by atoms with Gasteiger partial charge in [-0.05, 0) is 80.2 Å². The summed E-state index contributed by atoms with van der Waals surface area (Å²) in [5, 5.41) is 0.684. The summed E-state index contributed by atoms with van der Waals surface area (Å²) in [7, 11) is 0. The topological polar surface area (TPSA) is 21.6 Å². The number of aliphatic imine (C=N–C) groups is 1. The number of benzene rings is 3. The van der Waals surface area contributed by atoms with E-state index in [1.807, 2.05) is 37.3 Å². The van der Waals surface area contributed by atoms with E-state index in [0.717, 1.165) is 25.8 Å². The Hall–Kier alpha value is -1.69. The first kappa shape index (κ1) is 20.1. The molecule has 0 saturated carbocycles. The number of hydrogen-bond donors (Lipinski definition) is 0. The summed E-state index contributed by atoms with van der Waals surface area (Å²) in [5.41, 5.74) is 3.12. The first-order valence-electron chi connectivity index (χ1n) is 8.10. The smallest absolute Gasteiger partial charge is 0.148 e. The highest BCUT2D eigenvalue weighted by molar-refractivity contribution is 9.11. The van der Waals surface area contributed by atoms with Crippen molar-refractivity contribution in [3.8, 4) is 5.75 Å². The minimum atomic E-state index is -0.287. The van der Waals surface area contributed by atoms with Crippen LogP contribution in [-0.4, -0.2) is 6.21 Å². The molecule has 3 aromatic carbocycles. The van der Waals surface area contributed by atoms with Gasteiger partial charge in [0, 0.05) is 16.8 Å². The molecule has 3 aromatic rings. The third-order valence-corrected chi connectivity index (χ3v) is 5.53. The van der Waals surface area contributed by atoms with E-state index in [4.69, 9.17) is 16.3 Å². The Bertz CT molecular complexity index is 984. The summed E-state index contributed by atoms with van der Waals surface area (Å²) < 4.78 is 21.0. The van der Waals surface area contributed by atoms with Gasteiger partial charge in [-0.25, -0.2) is 4.39 Å². The summed E-state index contributed by atoms with van der Waals surface area (Å²) in [6.07, 6.45) is 1.76. The lowest BCUT2D eigenvalue weighted by molar-refractivity contribution is 0.296. The third kappa shape index (κ3) is 4.98. The molecule has 2 nitrogen and oxygen atoms in total. The number of halogens is 4. The molecule has 0 radical (unpaired) electrons. The fraction of sp³-hybridized carbons (Fsp3) is 0.0952. The van der Waals surface area contributed by atoms with Crippen LogP contribution >= 0.6 is 43.5 Å². The molecule has 0 aromatic heterocycles. The minimum absolute atomic E-state index is 0.138. The highest BCUT2D eigenvalue weighted by Crippen LogP contribution is 2.35. The Balaban J connectivity index is 1.79. The van der Waals surface area contributed by atoms with Crippen LogP contribution in [0.2, 0.25) is 5.02 Å². The second-order valence-electron chi connectivity index (χ2n) is 5.84. The molecule has 0 aliphatic carbocycles. The molecular formula is C21H15Br2ClFNO. The van der Waals surface area contributed by atoms with Gasteiger partial charge < -0.3 is 4.74 Å². The van der Waals surface area contributed by atoms with Crippen molar-refractivity contribution in [2.75, 3.05) is 0 Å². The van der Waals surface area contributed by atoms with Crippen LogP contribution in [0.25, 0.3) is 0 Å². The summed E-state index contributed by atoms with van der Waals surface area (Å²) in [6, 6.07) is 16.0. The summed E-state index contributed by atoms with van der Waals surface area (Å²) >= 11 is 13.2. The lowest BCUT2D eigenvalue weighted by Gasteiger charge is -2.12. The van der Waals surface area contributed by atoms with Crippen LogP contribution in [0.4, 0.5) is 10.1 Å². The summed E-state index contributed by atoms with van der Waals surface area (Å²) in [5.74, 6) is 0.319. The quantitative estimate of drug-likeness (QED) is 0.323. The van der Waals surface area contributed by atoms with Gasteiger partial charge in [-0.1, -0.05) is 35.9 Å². The molecule has 138 valence electrons. The molecule has 0 saturated heterocycles. The SMILES string of the molecule is Cc1c(Cl)cccc1N=Cc1cc(Br)c(OCc2ccccc2F)c(Br)c1. The Morgan fingerprint density at radius 2 is 1.78 bits per heavy atom. The van der Waals surface area contributed by atoms with Crippen LogP contribution in [0.3, 0.4) is 0 Å². The van der Waals surface area contributed by atoms with E-state index in [0.29, 0.717) is 16.3 Å². The molecule has 0 fully saturated rings. The first-order chi connectivity index (χ1) is 13.0. The molecule has 27 heavy (non-hydrogen) atoms. The second-order valence-corrected chi connectivity index (χ2v) is 7.95. The fourth-order valence-electron chi connectivity index (χ4n) is 2.44. The first-order valence-corrected chi connectivity index (χ1v) is 10.1. The van der Waals surface area contributed by atoms with Gasteiger partial charge in [-0.2, -0.15) is 0 Å². The number of rotatable bonds is 5. The molecule has 0 aliphatic rings. The van der Waals surface area contributed by atoms with Crippen LogP contribution in [0.5, 0.6) is 5.75 Å². The monoisotopic (exact) mass is 509 g/mol. The lowest BCUT2D eigenvalue weighted by atomic mass is 10.2. The Morgan fingerprint density at radius 3 is 2.48 bits per heavy atom. The van der Waals surface area contributed by atoms with Gasteiger partial charge in [0.05, 0.1) is 14.6 Å². The van der Waals surface area contributed by atoms with Gasteiger partial charge in [0.25, 0.3) is 0 Å². The molecule has 0 amide bonds. The maximum absolute atomic E-state index is 13.7. The van der Waals surface area contributed by atoms with Gasteiger partial charge in [0.15, 0.2) is 0 Å². The number of hydrogen-bond acceptors (Lipinski definition) is 2. The molecule has 0 spiro atoms. The van der Waals surface area contributed by atoms with Gasteiger partial charge >= 0.3 is 0 Å². The van der Waals surface area contributed by atoms with Crippen molar-refractivity contribution in [2.24, 2.45) is 4.99 Å². The van der Waals surface area contributed by atoms with Gasteiger partial charge in [-0.15, -0.1) is 0 Å². The molecule has 0 heterocycles. The van der Waals surface area contributed by atoms with E-state index < -0.39 is 0 Å². The minimum Gasteiger partial charge on any atom is -0.486 e. The van der Waals surface area contributed by atoms with Crippen molar-refractivity contribution < 1.29 is 9.13 Å². The van der Waals surface area contributed by atoms with Crippen molar-refractivity contribution >= 4 is 55.4 Å². The molecular weight excluding hydrogens is 496 g/mol. The normalized spacial score (nSPS) is 11.1. The van der Waals surface area contributed by atoms with E-state index >= 15 is 0 Å². The maximum Gasteiger partial charge on any atom is 0.148 e. The predicted molar refractivity (Wildman–Crippen MR) is 116 cm³/mol. The van der Waals surface area contributed by atoms with E-state index in [1.165, 1.54) is 6.07 Å². The zero-order valence-electron chi connectivity index (χ0n) is 14.3. The Kier molecular flexibility index (Phi) is 6.68. The molecule has 6 heteroatoms. The van der Waals surface area contributed by atoms with E-state index in [9.17, 15) is 4.39 Å². The van der Waals surface area contributed by atoms with Gasteiger partial charge in [0.2, 0.25) is 0 Å². The van der Waals surface area contributed by atoms with Crippen molar-refractivity contribution in [3.05, 3.63) is 91.1 Å². The molecule has 0 unspecified atom stereocenters. The Labute approximate surface area is 179 Å². The van der Waals surface area contributed by atoms with Crippen LogP contribution < -0.4 is 4.74 Å². The zero-order valence-corrected chi connectivity index (χ0v) is 18.3. The van der Waals surface area contributed by atoms with Crippen LogP contribution in [0.1, 0.15) is 16.7 Å². The molecule has 3 rings (SSSR count). The summed E-state index contributed by atoms with van der Waals surface area (Å²) in [6.45, 7) is 2.07.